The minimum Gasteiger partial charge on any atom is -0.381 e. The van der Waals surface area contributed by atoms with Crippen molar-refractivity contribution in [2.75, 3.05) is 13.2 Å². The summed E-state index contributed by atoms with van der Waals surface area (Å²) in [4.78, 5) is 16.8. The van der Waals surface area contributed by atoms with E-state index in [1.54, 1.807) is 0 Å². The summed E-state index contributed by atoms with van der Waals surface area (Å²) >= 11 is 0. The van der Waals surface area contributed by atoms with Crippen LogP contribution in [-0.4, -0.2) is 38.2 Å². The molecule has 1 aromatic carbocycles. The van der Waals surface area contributed by atoms with Crippen molar-refractivity contribution in [1.82, 2.24) is 25.0 Å². The van der Waals surface area contributed by atoms with Gasteiger partial charge in [-0.15, -0.1) is 5.10 Å². The van der Waals surface area contributed by atoms with Crippen LogP contribution in [0.4, 0.5) is 0 Å². The predicted octanol–water partition coefficient (Wildman–Crippen LogP) is 1.000. The molecule has 4 rings (SSSR count). The number of hydrogen-bond acceptors (Lipinski definition) is 4. The lowest BCUT2D eigenvalue weighted by Gasteiger charge is -2.02. The number of aromatic amines is 2. The lowest BCUT2D eigenvalue weighted by Crippen LogP contribution is -2.00. The SMILES string of the molecule is O=c1[nH]c2ccc(Cn3cc([C@@H]4CCOC4)nn3)cc2[nH]1. The van der Waals surface area contributed by atoms with E-state index >= 15 is 0 Å². The molecule has 1 aliphatic rings. The highest BCUT2D eigenvalue weighted by molar-refractivity contribution is 5.74. The van der Waals surface area contributed by atoms with Crippen LogP contribution in [0.25, 0.3) is 11.0 Å². The van der Waals surface area contributed by atoms with Crippen LogP contribution >= 0.6 is 0 Å². The molecule has 0 amide bonds. The fourth-order valence-corrected chi connectivity index (χ4v) is 2.71. The van der Waals surface area contributed by atoms with Gasteiger partial charge in [-0.05, 0) is 24.1 Å². The van der Waals surface area contributed by atoms with E-state index in [9.17, 15) is 4.79 Å². The average molecular weight is 285 g/mol. The number of H-pyrrole nitrogens is 2. The number of nitrogens with zero attached hydrogens (tertiary/aromatic N) is 3. The fourth-order valence-electron chi connectivity index (χ4n) is 2.71. The minimum absolute atomic E-state index is 0.188. The van der Waals surface area contributed by atoms with Crippen molar-refractivity contribution >= 4 is 11.0 Å². The van der Waals surface area contributed by atoms with Crippen molar-refractivity contribution in [2.24, 2.45) is 0 Å². The maximum Gasteiger partial charge on any atom is 0.323 e. The largest absolute Gasteiger partial charge is 0.381 e. The number of fused-ring (bicyclic) bond motifs is 1. The number of nitrogens with one attached hydrogen (secondary N) is 2. The van der Waals surface area contributed by atoms with Gasteiger partial charge < -0.3 is 14.7 Å². The van der Waals surface area contributed by atoms with Gasteiger partial charge in [0.05, 0.1) is 29.9 Å². The summed E-state index contributed by atoms with van der Waals surface area (Å²) in [5.41, 5.74) is 3.49. The molecular formula is C14H15N5O2. The van der Waals surface area contributed by atoms with Crippen molar-refractivity contribution < 1.29 is 4.74 Å². The van der Waals surface area contributed by atoms with Gasteiger partial charge in [0.15, 0.2) is 0 Å². The zero-order valence-electron chi connectivity index (χ0n) is 11.4. The van der Waals surface area contributed by atoms with Crippen LogP contribution < -0.4 is 5.69 Å². The molecule has 1 saturated heterocycles. The van der Waals surface area contributed by atoms with E-state index in [1.807, 2.05) is 29.1 Å². The Hall–Kier alpha value is -2.41. The summed E-state index contributed by atoms with van der Waals surface area (Å²) < 4.78 is 7.19. The van der Waals surface area contributed by atoms with Crippen molar-refractivity contribution in [3.8, 4) is 0 Å². The topological polar surface area (TPSA) is 88.6 Å². The van der Waals surface area contributed by atoms with Gasteiger partial charge in [-0.2, -0.15) is 0 Å². The van der Waals surface area contributed by atoms with E-state index < -0.39 is 0 Å². The fraction of sp³-hybridized carbons (Fsp3) is 0.357. The molecule has 0 bridgehead atoms. The van der Waals surface area contributed by atoms with E-state index in [4.69, 9.17) is 4.74 Å². The first-order valence-corrected chi connectivity index (χ1v) is 6.96. The summed E-state index contributed by atoms with van der Waals surface area (Å²) in [5.74, 6) is 0.363. The molecule has 0 saturated carbocycles. The third-order valence-corrected chi connectivity index (χ3v) is 3.83. The first-order chi connectivity index (χ1) is 10.3. The number of rotatable bonds is 3. The Balaban J connectivity index is 1.57. The molecule has 2 N–H and O–H groups in total. The summed E-state index contributed by atoms with van der Waals surface area (Å²) in [7, 11) is 0. The monoisotopic (exact) mass is 285 g/mol. The zero-order chi connectivity index (χ0) is 14.2. The molecule has 1 aliphatic heterocycles. The van der Waals surface area contributed by atoms with E-state index in [-0.39, 0.29) is 5.69 Å². The summed E-state index contributed by atoms with van der Waals surface area (Å²) in [5, 5.41) is 8.40. The molecule has 2 aromatic heterocycles. The van der Waals surface area contributed by atoms with Gasteiger partial charge in [0, 0.05) is 18.7 Å². The maximum absolute atomic E-state index is 11.3. The van der Waals surface area contributed by atoms with E-state index in [0.717, 1.165) is 41.9 Å². The molecule has 3 aromatic rings. The molecule has 0 aliphatic carbocycles. The predicted molar refractivity (Wildman–Crippen MR) is 76.2 cm³/mol. The highest BCUT2D eigenvalue weighted by Gasteiger charge is 2.20. The van der Waals surface area contributed by atoms with Crippen LogP contribution in [0, 0.1) is 0 Å². The Bertz CT molecular complexity index is 825. The normalized spacial score (nSPS) is 18.6. The summed E-state index contributed by atoms with van der Waals surface area (Å²) in [6.45, 7) is 2.16. The molecule has 1 fully saturated rings. The highest BCUT2D eigenvalue weighted by atomic mass is 16.5. The molecule has 7 nitrogen and oxygen atoms in total. The molecule has 108 valence electrons. The van der Waals surface area contributed by atoms with Crippen LogP contribution in [0.3, 0.4) is 0 Å². The smallest absolute Gasteiger partial charge is 0.323 e. The highest BCUT2D eigenvalue weighted by Crippen LogP contribution is 2.23. The second-order valence-corrected chi connectivity index (χ2v) is 5.36. The Morgan fingerprint density at radius 3 is 3.10 bits per heavy atom. The molecular weight excluding hydrogens is 270 g/mol. The molecule has 3 heterocycles. The Morgan fingerprint density at radius 2 is 2.24 bits per heavy atom. The van der Waals surface area contributed by atoms with Crippen molar-refractivity contribution in [3.05, 3.63) is 46.1 Å². The summed E-state index contributed by atoms with van der Waals surface area (Å²) in [6, 6.07) is 5.82. The third kappa shape index (κ3) is 2.36. The average Bonchev–Trinajstić information content (AvgIpc) is 3.16. The lowest BCUT2D eigenvalue weighted by molar-refractivity contribution is 0.193. The lowest BCUT2D eigenvalue weighted by atomic mass is 10.1. The summed E-state index contributed by atoms with van der Waals surface area (Å²) in [6.07, 6.45) is 2.98. The molecule has 0 radical (unpaired) electrons. The number of hydrogen-bond donors (Lipinski definition) is 2. The van der Waals surface area contributed by atoms with E-state index in [0.29, 0.717) is 12.5 Å². The Kier molecular flexibility index (Phi) is 2.85. The van der Waals surface area contributed by atoms with Crippen molar-refractivity contribution in [3.63, 3.8) is 0 Å². The van der Waals surface area contributed by atoms with Gasteiger partial charge in [-0.25, -0.2) is 9.48 Å². The number of imidazole rings is 1. The second-order valence-electron chi connectivity index (χ2n) is 5.36. The maximum atomic E-state index is 11.3. The quantitative estimate of drug-likeness (QED) is 0.751. The van der Waals surface area contributed by atoms with Crippen LogP contribution in [0.2, 0.25) is 0 Å². The van der Waals surface area contributed by atoms with Crippen molar-refractivity contribution in [2.45, 2.75) is 18.9 Å². The third-order valence-electron chi connectivity index (χ3n) is 3.83. The van der Waals surface area contributed by atoms with E-state index in [2.05, 4.69) is 20.3 Å². The van der Waals surface area contributed by atoms with Crippen LogP contribution in [0.1, 0.15) is 23.6 Å². The molecule has 21 heavy (non-hydrogen) atoms. The minimum atomic E-state index is -0.188. The molecule has 0 spiro atoms. The number of aromatic nitrogens is 5. The van der Waals surface area contributed by atoms with Gasteiger partial charge >= 0.3 is 5.69 Å². The Morgan fingerprint density at radius 1 is 1.33 bits per heavy atom. The first kappa shape index (κ1) is 12.3. The molecule has 1 atom stereocenters. The Labute approximate surface area is 119 Å². The van der Waals surface area contributed by atoms with Gasteiger partial charge in [0.2, 0.25) is 0 Å². The van der Waals surface area contributed by atoms with Gasteiger partial charge in [-0.1, -0.05) is 11.3 Å². The zero-order valence-corrected chi connectivity index (χ0v) is 11.4. The van der Waals surface area contributed by atoms with Gasteiger partial charge in [0.1, 0.15) is 0 Å². The van der Waals surface area contributed by atoms with Gasteiger partial charge in [0.25, 0.3) is 0 Å². The van der Waals surface area contributed by atoms with Crippen LogP contribution in [0.15, 0.2) is 29.2 Å². The van der Waals surface area contributed by atoms with E-state index in [1.165, 1.54) is 0 Å². The van der Waals surface area contributed by atoms with Crippen LogP contribution in [-0.2, 0) is 11.3 Å². The molecule has 0 unspecified atom stereocenters. The number of benzene rings is 1. The number of ether oxygens (including phenoxy) is 1. The van der Waals surface area contributed by atoms with Gasteiger partial charge in [-0.3, -0.25) is 0 Å². The standard InChI is InChI=1S/C14H15N5O2/c20-14-15-11-2-1-9(5-12(11)16-14)6-19-7-13(17-18-19)10-3-4-21-8-10/h1-2,5,7,10H,3-4,6,8H2,(H2,15,16,20)/t10-/m1/s1. The van der Waals surface area contributed by atoms with Crippen LogP contribution in [0.5, 0.6) is 0 Å². The first-order valence-electron chi connectivity index (χ1n) is 6.96. The second kappa shape index (κ2) is 4.85. The molecule has 7 heteroatoms. The van der Waals surface area contributed by atoms with Crippen molar-refractivity contribution in [1.29, 1.82) is 0 Å².